The second kappa shape index (κ2) is 4.60. The van der Waals surface area contributed by atoms with Gasteiger partial charge in [-0.25, -0.2) is 4.79 Å². The van der Waals surface area contributed by atoms with Crippen molar-refractivity contribution in [2.75, 3.05) is 0 Å². The van der Waals surface area contributed by atoms with Crippen molar-refractivity contribution in [2.24, 2.45) is 0 Å². The summed E-state index contributed by atoms with van der Waals surface area (Å²) in [5.41, 5.74) is -0.174. The van der Waals surface area contributed by atoms with Crippen LogP contribution in [0.25, 0.3) is 0 Å². The van der Waals surface area contributed by atoms with Crippen molar-refractivity contribution >= 4 is 11.8 Å². The molecule has 0 heterocycles. The predicted molar refractivity (Wildman–Crippen MR) is 57.4 cm³/mol. The summed E-state index contributed by atoms with van der Waals surface area (Å²) in [4.78, 5) is 22.8. The number of Topliss-reactive ketones (excluding diaryl/α,β-unsaturated/α-hetero) is 1. The Morgan fingerprint density at radius 1 is 1.60 bits per heavy atom. The SMILES string of the molecule is C=C(C)C(=O)OC1(CC)CCCC(=O)C1. The summed E-state index contributed by atoms with van der Waals surface area (Å²) in [6.07, 6.45) is 3.27. The molecular formula is C12H18O3. The van der Waals surface area contributed by atoms with Crippen molar-refractivity contribution in [3.05, 3.63) is 12.2 Å². The van der Waals surface area contributed by atoms with Crippen molar-refractivity contribution in [3.8, 4) is 0 Å². The van der Waals surface area contributed by atoms with Crippen molar-refractivity contribution in [2.45, 2.75) is 51.6 Å². The van der Waals surface area contributed by atoms with E-state index >= 15 is 0 Å². The summed E-state index contributed by atoms with van der Waals surface area (Å²) < 4.78 is 5.40. The Kier molecular flexibility index (Phi) is 3.66. The molecule has 0 saturated heterocycles. The van der Waals surface area contributed by atoms with Crippen molar-refractivity contribution in [1.82, 2.24) is 0 Å². The van der Waals surface area contributed by atoms with E-state index in [1.807, 2.05) is 6.92 Å². The summed E-state index contributed by atoms with van der Waals surface area (Å²) >= 11 is 0. The van der Waals surface area contributed by atoms with Gasteiger partial charge in [0.1, 0.15) is 11.4 Å². The van der Waals surface area contributed by atoms with Crippen LogP contribution >= 0.6 is 0 Å². The molecule has 0 amide bonds. The lowest BCUT2D eigenvalue weighted by Crippen LogP contribution is -2.40. The molecule has 84 valence electrons. The van der Waals surface area contributed by atoms with Crippen LogP contribution in [0.15, 0.2) is 12.2 Å². The fourth-order valence-electron chi connectivity index (χ4n) is 1.89. The van der Waals surface area contributed by atoms with Crippen LogP contribution in [0.5, 0.6) is 0 Å². The normalized spacial score (nSPS) is 26.1. The van der Waals surface area contributed by atoms with E-state index in [4.69, 9.17) is 4.74 Å². The minimum absolute atomic E-state index is 0.192. The first kappa shape index (κ1) is 12.0. The minimum Gasteiger partial charge on any atom is -0.455 e. The molecule has 1 rings (SSSR count). The molecular weight excluding hydrogens is 192 g/mol. The third-order valence-electron chi connectivity index (χ3n) is 2.91. The topological polar surface area (TPSA) is 43.4 Å². The Balaban J connectivity index is 2.71. The molecule has 0 aromatic carbocycles. The molecule has 0 bridgehead atoms. The highest BCUT2D eigenvalue weighted by molar-refractivity contribution is 5.88. The Morgan fingerprint density at radius 3 is 2.73 bits per heavy atom. The molecule has 0 aliphatic heterocycles. The molecule has 0 spiro atoms. The van der Waals surface area contributed by atoms with Crippen LogP contribution in [0.3, 0.4) is 0 Å². The lowest BCUT2D eigenvalue weighted by molar-refractivity contribution is -0.160. The standard InChI is InChI=1S/C12H18O3/c1-4-12(15-11(14)9(2)3)7-5-6-10(13)8-12/h2,4-8H2,1,3H3. The van der Waals surface area contributed by atoms with Gasteiger partial charge in [-0.3, -0.25) is 4.79 Å². The first-order chi connectivity index (χ1) is 6.99. The largest absolute Gasteiger partial charge is 0.455 e. The first-order valence-electron chi connectivity index (χ1n) is 5.39. The fraction of sp³-hybridized carbons (Fsp3) is 0.667. The number of rotatable bonds is 3. The highest BCUT2D eigenvalue weighted by atomic mass is 16.6. The number of ether oxygens (including phenoxy) is 1. The van der Waals surface area contributed by atoms with Gasteiger partial charge in [-0.1, -0.05) is 13.5 Å². The molecule has 1 aliphatic rings. The van der Waals surface area contributed by atoms with Gasteiger partial charge < -0.3 is 4.74 Å². The number of ketones is 1. The van der Waals surface area contributed by atoms with E-state index in [1.54, 1.807) is 6.92 Å². The maximum atomic E-state index is 11.4. The van der Waals surface area contributed by atoms with Crippen LogP contribution < -0.4 is 0 Å². The van der Waals surface area contributed by atoms with E-state index in [0.29, 0.717) is 24.8 Å². The summed E-state index contributed by atoms with van der Waals surface area (Å²) in [6, 6.07) is 0. The molecule has 0 radical (unpaired) electrons. The van der Waals surface area contributed by atoms with Crippen molar-refractivity contribution < 1.29 is 14.3 Å². The Hall–Kier alpha value is -1.12. The van der Waals surface area contributed by atoms with Crippen LogP contribution in [-0.2, 0) is 14.3 Å². The molecule has 15 heavy (non-hydrogen) atoms. The van der Waals surface area contributed by atoms with Gasteiger partial charge in [-0.15, -0.1) is 0 Å². The van der Waals surface area contributed by atoms with Crippen molar-refractivity contribution in [1.29, 1.82) is 0 Å². The average molecular weight is 210 g/mol. The van der Waals surface area contributed by atoms with Crippen LogP contribution in [0.4, 0.5) is 0 Å². The van der Waals surface area contributed by atoms with Gasteiger partial charge in [0.2, 0.25) is 0 Å². The van der Waals surface area contributed by atoms with Crippen LogP contribution in [0.1, 0.15) is 46.0 Å². The lowest BCUT2D eigenvalue weighted by Gasteiger charge is -2.35. The molecule has 1 atom stereocenters. The van der Waals surface area contributed by atoms with Gasteiger partial charge in [-0.05, 0) is 26.2 Å². The van der Waals surface area contributed by atoms with Gasteiger partial charge in [-0.2, -0.15) is 0 Å². The second-order valence-electron chi connectivity index (χ2n) is 4.28. The quantitative estimate of drug-likeness (QED) is 0.530. The van der Waals surface area contributed by atoms with Crippen LogP contribution in [0, 0.1) is 0 Å². The van der Waals surface area contributed by atoms with E-state index in [0.717, 1.165) is 12.8 Å². The maximum absolute atomic E-state index is 11.4. The summed E-state index contributed by atoms with van der Waals surface area (Å²) in [5, 5.41) is 0. The van der Waals surface area contributed by atoms with Crippen molar-refractivity contribution in [3.63, 3.8) is 0 Å². The highest BCUT2D eigenvalue weighted by Crippen LogP contribution is 2.33. The maximum Gasteiger partial charge on any atom is 0.333 e. The summed E-state index contributed by atoms with van der Waals surface area (Å²) in [7, 11) is 0. The number of hydrogen-bond acceptors (Lipinski definition) is 3. The van der Waals surface area contributed by atoms with E-state index < -0.39 is 5.60 Å². The van der Waals surface area contributed by atoms with E-state index in [9.17, 15) is 9.59 Å². The molecule has 1 aliphatic carbocycles. The zero-order chi connectivity index (χ0) is 11.5. The summed E-state index contributed by atoms with van der Waals surface area (Å²) in [6.45, 7) is 7.12. The average Bonchev–Trinajstić information content (AvgIpc) is 2.17. The first-order valence-corrected chi connectivity index (χ1v) is 5.39. The molecule has 1 fully saturated rings. The zero-order valence-electron chi connectivity index (χ0n) is 9.47. The Labute approximate surface area is 90.5 Å². The van der Waals surface area contributed by atoms with Gasteiger partial charge >= 0.3 is 5.97 Å². The third-order valence-corrected chi connectivity index (χ3v) is 2.91. The number of carbonyl (C=O) groups excluding carboxylic acids is 2. The number of carbonyl (C=O) groups is 2. The lowest BCUT2D eigenvalue weighted by atomic mass is 9.82. The second-order valence-corrected chi connectivity index (χ2v) is 4.28. The fourth-order valence-corrected chi connectivity index (χ4v) is 1.89. The number of hydrogen-bond donors (Lipinski definition) is 0. The predicted octanol–water partition coefficient (Wildman–Crippen LogP) is 2.40. The smallest absolute Gasteiger partial charge is 0.333 e. The van der Waals surface area contributed by atoms with E-state index in [-0.39, 0.29) is 11.8 Å². The third kappa shape index (κ3) is 2.91. The molecule has 0 aromatic heterocycles. The Morgan fingerprint density at radius 2 is 2.27 bits per heavy atom. The van der Waals surface area contributed by atoms with Gasteiger partial charge in [0.15, 0.2) is 0 Å². The number of esters is 1. The zero-order valence-corrected chi connectivity index (χ0v) is 9.47. The molecule has 3 heteroatoms. The highest BCUT2D eigenvalue weighted by Gasteiger charge is 2.37. The van der Waals surface area contributed by atoms with Gasteiger partial charge in [0.25, 0.3) is 0 Å². The summed E-state index contributed by atoms with van der Waals surface area (Å²) in [5.74, 6) is -0.191. The Bertz CT molecular complexity index is 293. The van der Waals surface area contributed by atoms with Gasteiger partial charge in [0, 0.05) is 18.4 Å². The minimum atomic E-state index is -0.564. The van der Waals surface area contributed by atoms with E-state index in [1.165, 1.54) is 0 Å². The van der Waals surface area contributed by atoms with Gasteiger partial charge in [0.05, 0.1) is 0 Å². The molecule has 1 unspecified atom stereocenters. The van der Waals surface area contributed by atoms with E-state index in [2.05, 4.69) is 6.58 Å². The van der Waals surface area contributed by atoms with Crippen LogP contribution in [-0.4, -0.2) is 17.4 Å². The molecule has 0 aromatic rings. The molecule has 1 saturated carbocycles. The monoisotopic (exact) mass is 210 g/mol. The molecule has 3 nitrogen and oxygen atoms in total. The molecule has 0 N–H and O–H groups in total. The van der Waals surface area contributed by atoms with Crippen LogP contribution in [0.2, 0.25) is 0 Å².